The minimum absolute atomic E-state index is 0.0337. The molecule has 4 rings (SSSR count). The minimum atomic E-state index is -0.900. The van der Waals surface area contributed by atoms with Gasteiger partial charge in [0.05, 0.1) is 19.3 Å². The molecule has 0 aromatic heterocycles. The van der Waals surface area contributed by atoms with Gasteiger partial charge in [-0.05, 0) is 48.1 Å². The molecule has 0 bridgehead atoms. The summed E-state index contributed by atoms with van der Waals surface area (Å²) in [6.07, 6.45) is 1.47. The average Bonchev–Trinajstić information content (AvgIpc) is 3.17. The first-order valence-electron chi connectivity index (χ1n) is 9.47. The fourth-order valence-electron chi connectivity index (χ4n) is 4.39. The van der Waals surface area contributed by atoms with Crippen LogP contribution >= 0.6 is 11.6 Å². The van der Waals surface area contributed by atoms with Crippen LogP contribution in [0.1, 0.15) is 35.6 Å². The summed E-state index contributed by atoms with van der Waals surface area (Å²) in [5.74, 6) is 0. The van der Waals surface area contributed by atoms with Gasteiger partial charge in [0.15, 0.2) is 0 Å². The third kappa shape index (κ3) is 3.58. The maximum absolute atomic E-state index is 12.9. The van der Waals surface area contributed by atoms with Gasteiger partial charge in [0.2, 0.25) is 0 Å². The average molecular weight is 394 g/mol. The van der Waals surface area contributed by atoms with Crippen molar-refractivity contribution < 1.29 is 19.4 Å². The SMILES string of the molecule is O=C(N1CCOCC1)N1CCc2cc(Cl)cc(C3CCCN3C(=O)O)c2C1. The van der Waals surface area contributed by atoms with E-state index in [2.05, 4.69) is 0 Å². The number of carbonyl (C=O) groups is 2. The molecule has 0 saturated carbocycles. The monoisotopic (exact) mass is 393 g/mol. The number of carbonyl (C=O) groups excluding carboxylic acids is 1. The summed E-state index contributed by atoms with van der Waals surface area (Å²) in [6, 6.07) is 3.69. The summed E-state index contributed by atoms with van der Waals surface area (Å²) < 4.78 is 5.34. The summed E-state index contributed by atoms with van der Waals surface area (Å²) in [5.41, 5.74) is 3.14. The molecule has 146 valence electrons. The van der Waals surface area contributed by atoms with Crippen LogP contribution in [-0.4, -0.2) is 71.3 Å². The van der Waals surface area contributed by atoms with Crippen molar-refractivity contribution in [3.8, 4) is 0 Å². The third-order valence-electron chi connectivity index (χ3n) is 5.75. The van der Waals surface area contributed by atoms with Crippen molar-refractivity contribution in [1.29, 1.82) is 0 Å². The van der Waals surface area contributed by atoms with Crippen molar-refractivity contribution in [3.63, 3.8) is 0 Å². The predicted molar refractivity (Wildman–Crippen MR) is 100 cm³/mol. The molecule has 3 heterocycles. The van der Waals surface area contributed by atoms with Crippen LogP contribution in [0, 0.1) is 0 Å². The molecule has 2 saturated heterocycles. The highest BCUT2D eigenvalue weighted by Gasteiger charge is 2.34. The van der Waals surface area contributed by atoms with Crippen LogP contribution in [-0.2, 0) is 17.7 Å². The summed E-state index contributed by atoms with van der Waals surface area (Å²) in [4.78, 5) is 29.7. The van der Waals surface area contributed by atoms with Gasteiger partial charge in [-0.15, -0.1) is 0 Å². The second-order valence-electron chi connectivity index (χ2n) is 7.32. The molecule has 1 aromatic carbocycles. The Hall–Kier alpha value is -1.99. The first-order chi connectivity index (χ1) is 13.0. The molecular formula is C19H24ClN3O4. The van der Waals surface area contributed by atoms with Gasteiger partial charge in [-0.3, -0.25) is 0 Å². The van der Waals surface area contributed by atoms with Crippen LogP contribution in [0.5, 0.6) is 0 Å². The number of morpholine rings is 1. The zero-order chi connectivity index (χ0) is 19.0. The molecule has 0 spiro atoms. The van der Waals surface area contributed by atoms with Gasteiger partial charge in [-0.2, -0.15) is 0 Å². The molecule has 1 N–H and O–H groups in total. The summed E-state index contributed by atoms with van der Waals surface area (Å²) in [7, 11) is 0. The van der Waals surface area contributed by atoms with Crippen LogP contribution in [0.3, 0.4) is 0 Å². The van der Waals surface area contributed by atoms with Crippen molar-refractivity contribution in [2.75, 3.05) is 39.4 Å². The highest BCUT2D eigenvalue weighted by atomic mass is 35.5. The van der Waals surface area contributed by atoms with E-state index in [-0.39, 0.29) is 12.1 Å². The van der Waals surface area contributed by atoms with E-state index in [9.17, 15) is 14.7 Å². The molecule has 1 unspecified atom stereocenters. The van der Waals surface area contributed by atoms with Crippen molar-refractivity contribution in [3.05, 3.63) is 33.8 Å². The molecule has 0 aliphatic carbocycles. The lowest BCUT2D eigenvalue weighted by molar-refractivity contribution is 0.0421. The minimum Gasteiger partial charge on any atom is -0.465 e. The number of rotatable bonds is 1. The fraction of sp³-hybridized carbons (Fsp3) is 0.579. The van der Waals surface area contributed by atoms with Crippen LogP contribution in [0.25, 0.3) is 0 Å². The molecular weight excluding hydrogens is 370 g/mol. The zero-order valence-electron chi connectivity index (χ0n) is 15.2. The molecule has 27 heavy (non-hydrogen) atoms. The van der Waals surface area contributed by atoms with Gasteiger partial charge in [0, 0.05) is 37.7 Å². The van der Waals surface area contributed by atoms with E-state index in [1.54, 1.807) is 0 Å². The van der Waals surface area contributed by atoms with E-state index < -0.39 is 6.09 Å². The topological polar surface area (TPSA) is 73.3 Å². The smallest absolute Gasteiger partial charge is 0.407 e. The summed E-state index contributed by atoms with van der Waals surface area (Å²) in [5, 5.41) is 10.2. The van der Waals surface area contributed by atoms with Gasteiger partial charge < -0.3 is 24.5 Å². The number of benzene rings is 1. The van der Waals surface area contributed by atoms with Gasteiger partial charge in [-0.25, -0.2) is 9.59 Å². The Morgan fingerprint density at radius 2 is 1.89 bits per heavy atom. The van der Waals surface area contributed by atoms with Gasteiger partial charge in [0.25, 0.3) is 0 Å². The molecule has 1 atom stereocenters. The maximum atomic E-state index is 12.9. The molecule has 3 amide bonds. The van der Waals surface area contributed by atoms with Crippen LogP contribution < -0.4 is 0 Å². The molecule has 3 aliphatic heterocycles. The molecule has 0 radical (unpaired) electrons. The summed E-state index contributed by atoms with van der Waals surface area (Å²) >= 11 is 6.34. The largest absolute Gasteiger partial charge is 0.465 e. The Kier molecular flexibility index (Phi) is 5.14. The number of nitrogens with zero attached hydrogens (tertiary/aromatic N) is 3. The molecule has 8 heteroatoms. The zero-order valence-corrected chi connectivity index (χ0v) is 16.0. The highest BCUT2D eigenvalue weighted by molar-refractivity contribution is 6.30. The van der Waals surface area contributed by atoms with E-state index in [0.29, 0.717) is 51.0 Å². The van der Waals surface area contributed by atoms with E-state index in [4.69, 9.17) is 16.3 Å². The third-order valence-corrected chi connectivity index (χ3v) is 5.97. The number of hydrogen-bond acceptors (Lipinski definition) is 3. The van der Waals surface area contributed by atoms with E-state index in [1.807, 2.05) is 21.9 Å². The molecule has 2 fully saturated rings. The first-order valence-corrected chi connectivity index (χ1v) is 9.85. The number of carboxylic acid groups (broad SMARTS) is 1. The number of likely N-dealkylation sites (tertiary alicyclic amines) is 1. The van der Waals surface area contributed by atoms with E-state index in [0.717, 1.165) is 36.0 Å². The molecule has 3 aliphatic rings. The second-order valence-corrected chi connectivity index (χ2v) is 7.76. The van der Waals surface area contributed by atoms with Crippen molar-refractivity contribution >= 4 is 23.7 Å². The highest BCUT2D eigenvalue weighted by Crippen LogP contribution is 2.38. The van der Waals surface area contributed by atoms with Crippen molar-refractivity contribution in [1.82, 2.24) is 14.7 Å². The lowest BCUT2D eigenvalue weighted by atomic mass is 9.90. The fourth-order valence-corrected chi connectivity index (χ4v) is 4.64. The molecule has 1 aromatic rings. The van der Waals surface area contributed by atoms with Crippen LogP contribution in [0.15, 0.2) is 12.1 Å². The van der Waals surface area contributed by atoms with E-state index >= 15 is 0 Å². The first kappa shape index (κ1) is 18.4. The standard InChI is InChI=1S/C19H24ClN3O4/c20-14-10-13-3-5-22(18(24)21-6-8-27-9-7-21)12-16(13)15(11-14)17-2-1-4-23(17)19(25)26/h10-11,17H,1-9,12H2,(H,25,26). The normalized spacial score (nSPS) is 22.7. The second kappa shape index (κ2) is 7.56. The lowest BCUT2D eigenvalue weighted by Crippen LogP contribution is -2.49. The Labute approximate surface area is 163 Å². The number of halogens is 1. The van der Waals surface area contributed by atoms with Crippen molar-refractivity contribution in [2.24, 2.45) is 0 Å². The number of hydrogen-bond donors (Lipinski definition) is 1. The number of amides is 3. The maximum Gasteiger partial charge on any atom is 0.407 e. The van der Waals surface area contributed by atoms with E-state index in [1.165, 1.54) is 4.90 Å². The number of fused-ring (bicyclic) bond motifs is 1. The van der Waals surface area contributed by atoms with Crippen LogP contribution in [0.4, 0.5) is 9.59 Å². The number of ether oxygens (including phenoxy) is 1. The van der Waals surface area contributed by atoms with Crippen LogP contribution in [0.2, 0.25) is 5.02 Å². The Balaban J connectivity index is 1.62. The van der Waals surface area contributed by atoms with Gasteiger partial charge in [0.1, 0.15) is 0 Å². The van der Waals surface area contributed by atoms with Crippen molar-refractivity contribution in [2.45, 2.75) is 31.8 Å². The van der Waals surface area contributed by atoms with Gasteiger partial charge >= 0.3 is 12.1 Å². The Morgan fingerprint density at radius 3 is 2.63 bits per heavy atom. The predicted octanol–water partition coefficient (Wildman–Crippen LogP) is 2.97. The molecule has 7 nitrogen and oxygen atoms in total. The quantitative estimate of drug-likeness (QED) is 0.796. The lowest BCUT2D eigenvalue weighted by Gasteiger charge is -2.37. The Morgan fingerprint density at radius 1 is 1.11 bits per heavy atom. The summed E-state index contributed by atoms with van der Waals surface area (Å²) in [6.45, 7) is 4.07. The van der Waals surface area contributed by atoms with Gasteiger partial charge in [-0.1, -0.05) is 11.6 Å². The number of urea groups is 1. The Bertz CT molecular complexity index is 751.